The maximum absolute atomic E-state index is 10.9. The van der Waals surface area contributed by atoms with Gasteiger partial charge in [-0.25, -0.2) is 9.59 Å². The average molecular weight is 186 g/mol. The van der Waals surface area contributed by atoms with Crippen molar-refractivity contribution in [3.63, 3.8) is 0 Å². The SMILES string of the molecule is O=C(O)COn1c(=O)cc[nH]c1=O. The Balaban J connectivity index is 2.94. The van der Waals surface area contributed by atoms with Crippen LogP contribution in [-0.4, -0.2) is 27.4 Å². The minimum absolute atomic E-state index is 0.341. The second-order valence-electron chi connectivity index (χ2n) is 2.08. The molecular formula is C6H6N2O5. The highest BCUT2D eigenvalue weighted by Crippen LogP contribution is 1.66. The standard InChI is InChI=1S/C6H6N2O5/c9-4-1-2-7-6(12)8(4)13-3-5(10)11/h1-2H,3H2,(H,7,12)(H,10,11). The molecule has 70 valence electrons. The summed E-state index contributed by atoms with van der Waals surface area (Å²) in [7, 11) is 0. The van der Waals surface area contributed by atoms with Gasteiger partial charge in [-0.05, 0) is 0 Å². The molecule has 1 heterocycles. The van der Waals surface area contributed by atoms with Crippen molar-refractivity contribution in [2.75, 3.05) is 6.61 Å². The van der Waals surface area contributed by atoms with Gasteiger partial charge in [-0.1, -0.05) is 4.73 Å². The molecule has 0 aliphatic rings. The Bertz CT molecular complexity index is 389. The second-order valence-corrected chi connectivity index (χ2v) is 2.08. The topological polar surface area (TPSA) is 101 Å². The molecule has 0 saturated heterocycles. The molecule has 0 bridgehead atoms. The number of carboxylic acids is 1. The van der Waals surface area contributed by atoms with Crippen LogP contribution < -0.4 is 16.1 Å². The molecule has 0 amide bonds. The molecule has 0 atom stereocenters. The zero-order valence-electron chi connectivity index (χ0n) is 6.39. The van der Waals surface area contributed by atoms with E-state index in [1.165, 1.54) is 0 Å². The molecule has 2 N–H and O–H groups in total. The maximum Gasteiger partial charge on any atom is 0.361 e. The summed E-state index contributed by atoms with van der Waals surface area (Å²) in [5, 5.41) is 8.20. The maximum atomic E-state index is 10.9. The van der Waals surface area contributed by atoms with E-state index in [-0.39, 0.29) is 0 Å². The van der Waals surface area contributed by atoms with Crippen molar-refractivity contribution in [1.82, 2.24) is 9.71 Å². The molecule has 7 heteroatoms. The summed E-state index contributed by atoms with van der Waals surface area (Å²) in [6.07, 6.45) is 1.14. The number of hydrogen-bond acceptors (Lipinski definition) is 4. The monoisotopic (exact) mass is 186 g/mol. The molecule has 1 rings (SSSR count). The van der Waals surface area contributed by atoms with Gasteiger partial charge in [0.05, 0.1) is 0 Å². The van der Waals surface area contributed by atoms with Crippen LogP contribution >= 0.6 is 0 Å². The Hall–Kier alpha value is -2.05. The molecule has 0 saturated carbocycles. The van der Waals surface area contributed by atoms with E-state index in [4.69, 9.17) is 5.11 Å². The number of nitrogens with zero attached hydrogens (tertiary/aromatic N) is 1. The number of H-pyrrole nitrogens is 1. The predicted molar refractivity (Wildman–Crippen MR) is 40.4 cm³/mol. The first-order chi connectivity index (χ1) is 6.11. The largest absolute Gasteiger partial charge is 0.479 e. The van der Waals surface area contributed by atoms with Crippen LogP contribution in [0.3, 0.4) is 0 Å². The van der Waals surface area contributed by atoms with Crippen LogP contribution in [0, 0.1) is 0 Å². The predicted octanol–water partition coefficient (Wildman–Crippen LogP) is -1.95. The summed E-state index contributed by atoms with van der Waals surface area (Å²) in [4.78, 5) is 38.3. The fourth-order valence-electron chi connectivity index (χ4n) is 0.653. The summed E-state index contributed by atoms with van der Waals surface area (Å²) in [5.41, 5.74) is -1.53. The average Bonchev–Trinajstić information content (AvgIpc) is 2.03. The van der Waals surface area contributed by atoms with Crippen molar-refractivity contribution < 1.29 is 14.7 Å². The van der Waals surface area contributed by atoms with Crippen LogP contribution in [0.15, 0.2) is 21.9 Å². The van der Waals surface area contributed by atoms with E-state index in [0.29, 0.717) is 4.73 Å². The molecule has 7 nitrogen and oxygen atoms in total. The van der Waals surface area contributed by atoms with Crippen molar-refractivity contribution in [2.45, 2.75) is 0 Å². The summed E-state index contributed by atoms with van der Waals surface area (Å²) < 4.78 is 0.341. The highest BCUT2D eigenvalue weighted by Gasteiger charge is 2.03. The quantitative estimate of drug-likeness (QED) is 0.571. The summed E-state index contributed by atoms with van der Waals surface area (Å²) in [6.45, 7) is -0.743. The van der Waals surface area contributed by atoms with E-state index in [1.54, 1.807) is 0 Å². The van der Waals surface area contributed by atoms with Gasteiger partial charge in [-0.15, -0.1) is 0 Å². The summed E-state index contributed by atoms with van der Waals surface area (Å²) in [6, 6.07) is 1.04. The number of hydrogen-bond donors (Lipinski definition) is 2. The molecule has 0 aliphatic heterocycles. The van der Waals surface area contributed by atoms with Crippen molar-refractivity contribution in [3.8, 4) is 0 Å². The van der Waals surface area contributed by atoms with Gasteiger partial charge < -0.3 is 14.9 Å². The van der Waals surface area contributed by atoms with E-state index in [0.717, 1.165) is 12.3 Å². The number of carbonyl (C=O) groups is 1. The van der Waals surface area contributed by atoms with Crippen LogP contribution in [0.1, 0.15) is 0 Å². The molecule has 13 heavy (non-hydrogen) atoms. The van der Waals surface area contributed by atoms with Gasteiger partial charge in [0, 0.05) is 12.3 Å². The van der Waals surface area contributed by atoms with Crippen LogP contribution in [0.5, 0.6) is 0 Å². The molecule has 0 aliphatic carbocycles. The Kier molecular flexibility index (Phi) is 2.48. The molecule has 0 radical (unpaired) electrons. The molecule has 0 unspecified atom stereocenters. The Morgan fingerprint density at radius 1 is 1.62 bits per heavy atom. The van der Waals surface area contributed by atoms with Crippen molar-refractivity contribution in [2.24, 2.45) is 0 Å². The van der Waals surface area contributed by atoms with Crippen LogP contribution in [0.25, 0.3) is 0 Å². The molecular weight excluding hydrogens is 180 g/mol. The minimum atomic E-state index is -1.27. The molecule has 0 spiro atoms. The Morgan fingerprint density at radius 3 is 2.85 bits per heavy atom. The van der Waals surface area contributed by atoms with E-state index >= 15 is 0 Å². The highest BCUT2D eigenvalue weighted by molar-refractivity contribution is 5.68. The molecule has 1 aromatic rings. The first kappa shape index (κ1) is 9.04. The normalized spacial score (nSPS) is 9.54. The van der Waals surface area contributed by atoms with E-state index in [9.17, 15) is 14.4 Å². The van der Waals surface area contributed by atoms with Crippen LogP contribution in [0.2, 0.25) is 0 Å². The lowest BCUT2D eigenvalue weighted by atomic mass is 10.7. The fraction of sp³-hybridized carbons (Fsp3) is 0.167. The number of aliphatic carboxylic acids is 1. The lowest BCUT2D eigenvalue weighted by Gasteiger charge is -2.01. The van der Waals surface area contributed by atoms with E-state index in [1.807, 2.05) is 0 Å². The lowest BCUT2D eigenvalue weighted by molar-refractivity contribution is -0.142. The number of rotatable bonds is 3. The number of carboxylic acid groups (broad SMARTS) is 1. The first-order valence-electron chi connectivity index (χ1n) is 3.27. The van der Waals surface area contributed by atoms with Gasteiger partial charge in [0.15, 0.2) is 0 Å². The minimum Gasteiger partial charge on any atom is -0.479 e. The number of aromatic nitrogens is 2. The third kappa shape index (κ3) is 2.19. The molecule has 0 fully saturated rings. The summed E-state index contributed by atoms with van der Waals surface area (Å²) >= 11 is 0. The van der Waals surface area contributed by atoms with Crippen molar-refractivity contribution in [3.05, 3.63) is 33.1 Å². The highest BCUT2D eigenvalue weighted by atomic mass is 16.7. The van der Waals surface area contributed by atoms with Gasteiger partial charge in [0.25, 0.3) is 5.56 Å². The molecule has 0 aromatic carbocycles. The third-order valence-corrected chi connectivity index (χ3v) is 1.13. The number of nitrogens with one attached hydrogen (secondary N) is 1. The third-order valence-electron chi connectivity index (χ3n) is 1.13. The second kappa shape index (κ2) is 3.57. The van der Waals surface area contributed by atoms with E-state index < -0.39 is 23.8 Å². The van der Waals surface area contributed by atoms with E-state index in [2.05, 4.69) is 9.82 Å². The van der Waals surface area contributed by atoms with Gasteiger partial charge in [0.1, 0.15) is 0 Å². The fourth-order valence-corrected chi connectivity index (χ4v) is 0.653. The van der Waals surface area contributed by atoms with Crippen molar-refractivity contribution in [1.29, 1.82) is 0 Å². The summed E-state index contributed by atoms with van der Waals surface area (Å²) in [5.74, 6) is -1.27. The van der Waals surface area contributed by atoms with Crippen LogP contribution in [-0.2, 0) is 4.79 Å². The lowest BCUT2D eigenvalue weighted by Crippen LogP contribution is -2.40. The smallest absolute Gasteiger partial charge is 0.361 e. The van der Waals surface area contributed by atoms with Gasteiger partial charge in [-0.3, -0.25) is 4.79 Å². The number of aromatic amines is 1. The van der Waals surface area contributed by atoms with Gasteiger partial charge in [-0.2, -0.15) is 0 Å². The first-order valence-corrected chi connectivity index (χ1v) is 3.27. The Labute approximate surface area is 71.2 Å². The van der Waals surface area contributed by atoms with Crippen LogP contribution in [0.4, 0.5) is 0 Å². The molecule has 1 aromatic heterocycles. The van der Waals surface area contributed by atoms with Gasteiger partial charge in [0.2, 0.25) is 6.61 Å². The zero-order chi connectivity index (χ0) is 9.84. The zero-order valence-corrected chi connectivity index (χ0v) is 6.39. The van der Waals surface area contributed by atoms with Gasteiger partial charge >= 0.3 is 11.7 Å². The Morgan fingerprint density at radius 2 is 2.31 bits per heavy atom. The van der Waals surface area contributed by atoms with Crippen molar-refractivity contribution >= 4 is 5.97 Å².